The van der Waals surface area contributed by atoms with Crippen molar-refractivity contribution in [2.24, 2.45) is 0 Å². The smallest absolute Gasteiger partial charge is 0.152 e. The Kier molecular flexibility index (Phi) is 4.97. The Morgan fingerprint density at radius 3 is 2.67 bits per heavy atom. The van der Waals surface area contributed by atoms with E-state index in [4.69, 9.17) is 23.2 Å². The molecule has 0 N–H and O–H groups in total. The van der Waals surface area contributed by atoms with Crippen molar-refractivity contribution in [2.45, 2.75) is 23.1 Å². The molecule has 0 aliphatic carbocycles. The minimum Gasteiger partial charge on any atom is -0.298 e. The van der Waals surface area contributed by atoms with Crippen LogP contribution in [-0.4, -0.2) is 12.0 Å². The average Bonchev–Trinajstić information content (AvgIpc) is 2.26. The van der Waals surface area contributed by atoms with Gasteiger partial charge in [0, 0.05) is 10.8 Å². The molecule has 0 fully saturated rings. The number of carbonyl (C=O) groups is 1. The summed E-state index contributed by atoms with van der Waals surface area (Å²) in [4.78, 5) is 12.3. The molecule has 1 aromatic rings. The molecule has 0 aliphatic heterocycles. The summed E-state index contributed by atoms with van der Waals surface area (Å²) in [6.45, 7) is 1.49. The Morgan fingerprint density at radius 2 is 2.20 bits per heavy atom. The van der Waals surface area contributed by atoms with E-state index in [2.05, 4.69) is 0 Å². The van der Waals surface area contributed by atoms with Gasteiger partial charge >= 0.3 is 0 Å². The van der Waals surface area contributed by atoms with Crippen LogP contribution in [-0.2, 0) is 10.7 Å². The Morgan fingerprint density at radius 1 is 1.53 bits per heavy atom. The van der Waals surface area contributed by atoms with Crippen molar-refractivity contribution in [3.63, 3.8) is 0 Å². The second-order valence-electron chi connectivity index (χ2n) is 3.13. The Balaban J connectivity index is 3.22. The van der Waals surface area contributed by atoms with Crippen LogP contribution in [0.15, 0.2) is 23.1 Å². The molecular formula is C11H12Cl2OS. The van der Waals surface area contributed by atoms with E-state index in [1.807, 2.05) is 24.5 Å². The van der Waals surface area contributed by atoms with E-state index >= 15 is 0 Å². The molecule has 0 amide bonds. The maximum absolute atomic E-state index is 11.2. The molecular weight excluding hydrogens is 251 g/mol. The van der Waals surface area contributed by atoms with Gasteiger partial charge in [-0.15, -0.1) is 35.0 Å². The number of benzene rings is 1. The lowest BCUT2D eigenvalue weighted by atomic mass is 10.0. The first kappa shape index (κ1) is 12.9. The summed E-state index contributed by atoms with van der Waals surface area (Å²) in [5.41, 5.74) is 1.79. The number of hydrogen-bond donors (Lipinski definition) is 0. The van der Waals surface area contributed by atoms with Crippen molar-refractivity contribution in [1.29, 1.82) is 0 Å². The van der Waals surface area contributed by atoms with Crippen molar-refractivity contribution >= 4 is 40.7 Å². The van der Waals surface area contributed by atoms with Crippen LogP contribution in [0.4, 0.5) is 0 Å². The largest absolute Gasteiger partial charge is 0.298 e. The van der Waals surface area contributed by atoms with E-state index in [9.17, 15) is 4.79 Å². The topological polar surface area (TPSA) is 17.1 Å². The summed E-state index contributed by atoms with van der Waals surface area (Å²) in [7, 11) is 0. The van der Waals surface area contributed by atoms with E-state index in [-0.39, 0.29) is 5.78 Å². The van der Waals surface area contributed by atoms with Crippen molar-refractivity contribution in [3.8, 4) is 0 Å². The monoisotopic (exact) mass is 262 g/mol. The highest BCUT2D eigenvalue weighted by Crippen LogP contribution is 2.32. The van der Waals surface area contributed by atoms with E-state index in [1.54, 1.807) is 11.8 Å². The van der Waals surface area contributed by atoms with Gasteiger partial charge in [-0.2, -0.15) is 0 Å². The highest BCUT2D eigenvalue weighted by Gasteiger charge is 2.18. The molecule has 0 saturated carbocycles. The van der Waals surface area contributed by atoms with E-state index in [1.165, 1.54) is 6.92 Å². The normalized spacial score (nSPS) is 12.5. The lowest BCUT2D eigenvalue weighted by Crippen LogP contribution is -2.05. The molecule has 1 unspecified atom stereocenters. The molecule has 0 heterocycles. The minimum atomic E-state index is -0.592. The van der Waals surface area contributed by atoms with Crippen molar-refractivity contribution in [3.05, 3.63) is 29.3 Å². The second kappa shape index (κ2) is 5.78. The molecule has 0 aromatic heterocycles. The maximum atomic E-state index is 11.2. The third-order valence-corrected chi connectivity index (χ3v) is 3.78. The Hall–Kier alpha value is -0.180. The fraction of sp³-hybridized carbons (Fsp3) is 0.364. The predicted molar refractivity (Wildman–Crippen MR) is 67.1 cm³/mol. The van der Waals surface area contributed by atoms with E-state index < -0.39 is 5.38 Å². The van der Waals surface area contributed by atoms with Crippen LogP contribution in [0.2, 0.25) is 0 Å². The number of rotatable bonds is 4. The van der Waals surface area contributed by atoms with Gasteiger partial charge in [-0.25, -0.2) is 0 Å². The van der Waals surface area contributed by atoms with Crippen LogP contribution in [0.1, 0.15) is 23.4 Å². The Bertz CT molecular complexity index is 366. The average molecular weight is 263 g/mol. The summed E-state index contributed by atoms with van der Waals surface area (Å²) >= 11 is 13.5. The maximum Gasteiger partial charge on any atom is 0.152 e. The van der Waals surface area contributed by atoms with Crippen molar-refractivity contribution in [2.75, 3.05) is 6.26 Å². The second-order valence-corrected chi connectivity index (χ2v) is 4.69. The molecule has 0 radical (unpaired) electrons. The van der Waals surface area contributed by atoms with Crippen LogP contribution < -0.4 is 0 Å². The zero-order valence-electron chi connectivity index (χ0n) is 8.59. The number of carbonyl (C=O) groups excluding carboxylic acids is 1. The van der Waals surface area contributed by atoms with Gasteiger partial charge in [0.25, 0.3) is 0 Å². The van der Waals surface area contributed by atoms with Crippen LogP contribution in [0.3, 0.4) is 0 Å². The molecule has 1 rings (SSSR count). The molecule has 0 aliphatic rings. The van der Waals surface area contributed by atoms with Gasteiger partial charge in [0.05, 0.1) is 0 Å². The highest BCUT2D eigenvalue weighted by atomic mass is 35.5. The molecule has 82 valence electrons. The molecule has 15 heavy (non-hydrogen) atoms. The van der Waals surface area contributed by atoms with Gasteiger partial charge in [-0.1, -0.05) is 12.1 Å². The molecule has 4 heteroatoms. The molecule has 0 bridgehead atoms. The number of Topliss-reactive ketones (excluding diaryl/α,β-unsaturated/α-hetero) is 1. The van der Waals surface area contributed by atoms with Gasteiger partial charge in [0.1, 0.15) is 5.38 Å². The molecule has 1 nitrogen and oxygen atoms in total. The van der Waals surface area contributed by atoms with Gasteiger partial charge < -0.3 is 0 Å². The number of halogens is 2. The standard InChI is InChI=1S/C11H12Cl2OS/c1-7(14)11(13)8-4-3-5-10(15-2)9(8)6-12/h3-5,11H,6H2,1-2H3. The van der Waals surface area contributed by atoms with E-state index in [0.29, 0.717) is 5.88 Å². The van der Waals surface area contributed by atoms with Crippen molar-refractivity contribution in [1.82, 2.24) is 0 Å². The Labute approximate surface area is 104 Å². The van der Waals surface area contributed by atoms with Crippen LogP contribution >= 0.6 is 35.0 Å². The highest BCUT2D eigenvalue weighted by molar-refractivity contribution is 7.98. The number of alkyl halides is 2. The summed E-state index contributed by atoms with van der Waals surface area (Å²) in [6, 6.07) is 5.74. The SMILES string of the molecule is CSc1cccc(C(Cl)C(C)=O)c1CCl. The predicted octanol–water partition coefficient (Wildman–Crippen LogP) is 4.02. The molecule has 1 atom stereocenters. The number of ketones is 1. The summed E-state index contributed by atoms with van der Waals surface area (Å²) in [5.74, 6) is 0.323. The van der Waals surface area contributed by atoms with Gasteiger partial charge in [0.2, 0.25) is 0 Å². The first-order chi connectivity index (χ1) is 7.11. The fourth-order valence-corrected chi connectivity index (χ4v) is 2.61. The summed E-state index contributed by atoms with van der Waals surface area (Å²) in [6.07, 6.45) is 1.98. The van der Waals surface area contributed by atoms with Crippen LogP contribution in [0, 0.1) is 0 Å². The first-order valence-corrected chi connectivity index (χ1v) is 6.67. The summed E-state index contributed by atoms with van der Waals surface area (Å²) in [5, 5.41) is -0.592. The quantitative estimate of drug-likeness (QED) is 0.603. The van der Waals surface area contributed by atoms with Crippen LogP contribution in [0.25, 0.3) is 0 Å². The zero-order chi connectivity index (χ0) is 11.4. The molecule has 1 aromatic carbocycles. The number of thioether (sulfide) groups is 1. The first-order valence-electron chi connectivity index (χ1n) is 4.48. The third-order valence-electron chi connectivity index (χ3n) is 2.15. The van der Waals surface area contributed by atoms with Crippen LogP contribution in [0.5, 0.6) is 0 Å². The third kappa shape index (κ3) is 2.90. The lowest BCUT2D eigenvalue weighted by Gasteiger charge is -2.13. The minimum absolute atomic E-state index is 0.0544. The van der Waals surface area contributed by atoms with Gasteiger partial charge in [-0.3, -0.25) is 4.79 Å². The molecule has 0 spiro atoms. The van der Waals surface area contributed by atoms with Crippen molar-refractivity contribution < 1.29 is 4.79 Å². The van der Waals surface area contributed by atoms with E-state index in [0.717, 1.165) is 16.0 Å². The molecule has 0 saturated heterocycles. The van der Waals surface area contributed by atoms with Gasteiger partial charge in [0.15, 0.2) is 5.78 Å². The summed E-state index contributed by atoms with van der Waals surface area (Å²) < 4.78 is 0. The lowest BCUT2D eigenvalue weighted by molar-refractivity contribution is -0.116. The number of hydrogen-bond acceptors (Lipinski definition) is 2. The van der Waals surface area contributed by atoms with Gasteiger partial charge in [-0.05, 0) is 30.4 Å². The zero-order valence-corrected chi connectivity index (χ0v) is 10.9. The fourth-order valence-electron chi connectivity index (χ4n) is 1.37.